The lowest BCUT2D eigenvalue weighted by Gasteiger charge is -2.11. The molecule has 6 heteroatoms. The van der Waals surface area contributed by atoms with Crippen molar-refractivity contribution in [2.45, 2.75) is 0 Å². The third-order valence-electron chi connectivity index (χ3n) is 11.0. The Morgan fingerprint density at radius 3 is 1.75 bits per heavy atom. The van der Waals surface area contributed by atoms with E-state index in [0.29, 0.717) is 17.5 Å². The molecule has 0 atom stereocenters. The average molecular weight is 764 g/mol. The van der Waals surface area contributed by atoms with Gasteiger partial charge in [-0.3, -0.25) is 0 Å². The maximum absolute atomic E-state index is 6.70. The summed E-state index contributed by atoms with van der Waals surface area (Å²) in [6.07, 6.45) is 0. The predicted octanol–water partition coefficient (Wildman–Crippen LogP) is 14.8. The minimum absolute atomic E-state index is 0.599. The van der Waals surface area contributed by atoms with E-state index in [1.165, 1.54) is 57.0 Å². The van der Waals surface area contributed by atoms with Crippen LogP contribution in [-0.4, -0.2) is 15.0 Å². The van der Waals surface area contributed by atoms with Crippen molar-refractivity contribution in [1.29, 1.82) is 0 Å². The molecule has 0 aliphatic heterocycles. The molecule has 4 aromatic heterocycles. The lowest BCUT2D eigenvalue weighted by atomic mass is 9.93. The van der Waals surface area contributed by atoms with Gasteiger partial charge < -0.3 is 4.42 Å². The molecule has 0 fully saturated rings. The van der Waals surface area contributed by atoms with Crippen molar-refractivity contribution < 1.29 is 4.42 Å². The molecule has 4 nitrogen and oxygen atoms in total. The van der Waals surface area contributed by atoms with Gasteiger partial charge in [0.25, 0.3) is 0 Å². The molecule has 266 valence electrons. The molecule has 0 saturated carbocycles. The molecule has 0 N–H and O–H groups in total. The largest absolute Gasteiger partial charge is 0.456 e. The number of aromatic nitrogens is 3. The topological polar surface area (TPSA) is 51.8 Å². The summed E-state index contributed by atoms with van der Waals surface area (Å²) >= 11 is 3.65. The number of furan rings is 1. The first-order valence-corrected chi connectivity index (χ1v) is 20.6. The number of nitrogens with zero attached hydrogens (tertiary/aromatic N) is 3. The van der Waals surface area contributed by atoms with Gasteiger partial charge in [0, 0.05) is 73.4 Å². The minimum Gasteiger partial charge on any atom is -0.456 e. The Balaban J connectivity index is 1.05. The molecular weight excluding hydrogens is 735 g/mol. The fraction of sp³-hybridized carbons (Fsp3) is 0. The number of hydrogen-bond donors (Lipinski definition) is 0. The Bertz CT molecular complexity index is 3530. The standard InChI is InChI=1S/C51H29N3OS2/c1-3-13-30(14-4-1)33-27-28-35(48-47(33)38-18-8-10-23-43(38)57-48)34-19-11-21-40-45(34)36-26-25-32(29-41(36)55-40)50-52-49(31-15-5-2-6-16-31)53-51(54-50)39-20-12-24-44-46(39)37-17-7-9-22-42(37)56-44/h1-29H. The van der Waals surface area contributed by atoms with Crippen molar-refractivity contribution in [3.63, 3.8) is 0 Å². The van der Waals surface area contributed by atoms with Gasteiger partial charge in [0.15, 0.2) is 17.5 Å². The Kier molecular flexibility index (Phi) is 7.24. The van der Waals surface area contributed by atoms with Crippen LogP contribution in [0, 0.1) is 0 Å². The van der Waals surface area contributed by atoms with Crippen LogP contribution in [0.4, 0.5) is 0 Å². The monoisotopic (exact) mass is 763 g/mol. The van der Waals surface area contributed by atoms with Crippen LogP contribution in [0.15, 0.2) is 180 Å². The van der Waals surface area contributed by atoms with E-state index in [9.17, 15) is 0 Å². The van der Waals surface area contributed by atoms with Crippen molar-refractivity contribution in [3.05, 3.63) is 176 Å². The Morgan fingerprint density at radius 2 is 0.947 bits per heavy atom. The molecule has 0 spiro atoms. The Hall–Kier alpha value is -6.99. The zero-order valence-electron chi connectivity index (χ0n) is 30.3. The van der Waals surface area contributed by atoms with Crippen molar-refractivity contribution in [2.24, 2.45) is 0 Å². The highest BCUT2D eigenvalue weighted by atomic mass is 32.1. The summed E-state index contributed by atoms with van der Waals surface area (Å²) in [4.78, 5) is 15.4. The molecule has 0 aliphatic carbocycles. The van der Waals surface area contributed by atoms with E-state index in [1.54, 1.807) is 11.3 Å². The normalized spacial score (nSPS) is 11.9. The zero-order valence-corrected chi connectivity index (χ0v) is 31.9. The molecule has 12 aromatic rings. The van der Waals surface area contributed by atoms with Crippen LogP contribution in [0.2, 0.25) is 0 Å². The molecule has 8 aromatic carbocycles. The summed E-state index contributed by atoms with van der Waals surface area (Å²) in [7, 11) is 0. The molecule has 0 bridgehead atoms. The van der Waals surface area contributed by atoms with Gasteiger partial charge in [-0.1, -0.05) is 140 Å². The summed E-state index contributed by atoms with van der Waals surface area (Å²) in [6.45, 7) is 0. The fourth-order valence-corrected chi connectivity index (χ4v) is 10.8. The van der Waals surface area contributed by atoms with Crippen LogP contribution in [0.3, 0.4) is 0 Å². The van der Waals surface area contributed by atoms with E-state index in [2.05, 4.69) is 146 Å². The van der Waals surface area contributed by atoms with Gasteiger partial charge in [-0.05, 0) is 53.1 Å². The van der Waals surface area contributed by atoms with Crippen molar-refractivity contribution >= 4 is 85.0 Å². The number of benzene rings is 8. The Labute approximate surface area is 335 Å². The van der Waals surface area contributed by atoms with E-state index < -0.39 is 0 Å². The van der Waals surface area contributed by atoms with Crippen molar-refractivity contribution in [2.75, 3.05) is 0 Å². The van der Waals surface area contributed by atoms with Gasteiger partial charge in [-0.2, -0.15) is 0 Å². The number of fused-ring (bicyclic) bond motifs is 9. The highest BCUT2D eigenvalue weighted by molar-refractivity contribution is 7.26. The quantitative estimate of drug-likeness (QED) is 0.175. The highest BCUT2D eigenvalue weighted by Crippen LogP contribution is 2.47. The third-order valence-corrected chi connectivity index (χ3v) is 13.3. The minimum atomic E-state index is 0.599. The number of thiophene rings is 2. The molecule has 4 heterocycles. The summed E-state index contributed by atoms with van der Waals surface area (Å²) in [5, 5.41) is 7.09. The summed E-state index contributed by atoms with van der Waals surface area (Å²) in [6, 6.07) is 61.9. The molecule has 12 rings (SSSR count). The first kappa shape index (κ1) is 32.3. The van der Waals surface area contributed by atoms with E-state index in [0.717, 1.165) is 44.2 Å². The maximum Gasteiger partial charge on any atom is 0.164 e. The third kappa shape index (κ3) is 5.15. The van der Waals surface area contributed by atoms with Gasteiger partial charge in [0.2, 0.25) is 0 Å². The van der Waals surface area contributed by atoms with Gasteiger partial charge in [0.1, 0.15) is 11.2 Å². The smallest absolute Gasteiger partial charge is 0.164 e. The summed E-state index contributed by atoms with van der Waals surface area (Å²) in [5.41, 5.74) is 9.25. The van der Waals surface area contributed by atoms with E-state index in [4.69, 9.17) is 19.4 Å². The SMILES string of the molecule is c1ccc(-c2nc(-c3ccc4c(c3)oc3cccc(-c5ccc(-c6ccccc6)c6c5sc5ccccc56)c34)nc(-c3cccc4sc5ccccc5c34)n2)cc1. The van der Waals surface area contributed by atoms with Crippen LogP contribution < -0.4 is 0 Å². The van der Waals surface area contributed by atoms with E-state index in [-0.39, 0.29) is 0 Å². The molecule has 57 heavy (non-hydrogen) atoms. The van der Waals surface area contributed by atoms with Crippen molar-refractivity contribution in [1.82, 2.24) is 15.0 Å². The maximum atomic E-state index is 6.70. The highest BCUT2D eigenvalue weighted by Gasteiger charge is 2.21. The van der Waals surface area contributed by atoms with Crippen LogP contribution >= 0.6 is 22.7 Å². The van der Waals surface area contributed by atoms with Crippen LogP contribution in [0.5, 0.6) is 0 Å². The van der Waals surface area contributed by atoms with E-state index >= 15 is 0 Å². The van der Waals surface area contributed by atoms with Crippen LogP contribution in [0.1, 0.15) is 0 Å². The molecular formula is C51H29N3OS2. The first-order chi connectivity index (χ1) is 28.2. The lowest BCUT2D eigenvalue weighted by Crippen LogP contribution is -2.00. The molecule has 0 amide bonds. The second-order valence-corrected chi connectivity index (χ2v) is 16.4. The predicted molar refractivity (Wildman–Crippen MR) is 240 cm³/mol. The van der Waals surface area contributed by atoms with Gasteiger partial charge in [-0.25, -0.2) is 15.0 Å². The van der Waals surface area contributed by atoms with Crippen molar-refractivity contribution in [3.8, 4) is 56.4 Å². The van der Waals surface area contributed by atoms with Crippen LogP contribution in [0.25, 0.3) is 119 Å². The molecule has 0 unspecified atom stereocenters. The molecule has 0 aliphatic rings. The molecule has 0 saturated heterocycles. The summed E-state index contributed by atoms with van der Waals surface area (Å²) in [5.74, 6) is 1.87. The second-order valence-electron chi connectivity index (χ2n) is 14.3. The molecule has 0 radical (unpaired) electrons. The van der Waals surface area contributed by atoms with E-state index in [1.807, 2.05) is 41.7 Å². The lowest BCUT2D eigenvalue weighted by molar-refractivity contribution is 0.669. The van der Waals surface area contributed by atoms with Crippen LogP contribution in [-0.2, 0) is 0 Å². The zero-order chi connectivity index (χ0) is 37.5. The van der Waals surface area contributed by atoms with Gasteiger partial charge in [-0.15, -0.1) is 22.7 Å². The Morgan fingerprint density at radius 1 is 0.333 bits per heavy atom. The first-order valence-electron chi connectivity index (χ1n) is 18.9. The average Bonchev–Trinajstić information content (AvgIpc) is 3.98. The van der Waals surface area contributed by atoms with Gasteiger partial charge >= 0.3 is 0 Å². The number of hydrogen-bond acceptors (Lipinski definition) is 6. The van der Waals surface area contributed by atoms with Gasteiger partial charge in [0.05, 0.1) is 0 Å². The fourth-order valence-electron chi connectivity index (χ4n) is 8.39. The summed E-state index contributed by atoms with van der Waals surface area (Å²) < 4.78 is 11.7. The second kappa shape index (κ2) is 12.8. The number of rotatable bonds is 5.